The molecule has 13 heteroatoms. The summed E-state index contributed by atoms with van der Waals surface area (Å²) in [5, 5.41) is 30.5. The summed E-state index contributed by atoms with van der Waals surface area (Å²) in [4.78, 5) is 25.0. The first-order chi connectivity index (χ1) is 22.0. The number of unbranched alkanes of at least 4 members (excludes halogenated alkanes) is 16. The zero-order chi connectivity index (χ0) is 34.2. The molecule has 0 amide bonds. The van der Waals surface area contributed by atoms with Crippen LogP contribution in [0.15, 0.2) is 0 Å². The molecule has 0 aromatic rings. The molecule has 6 atom stereocenters. The highest BCUT2D eigenvalue weighted by atomic mass is 32.2. The maximum Gasteiger partial charge on any atom is 0.306 e. The zero-order valence-corrected chi connectivity index (χ0v) is 29.0. The van der Waals surface area contributed by atoms with E-state index in [1.807, 2.05) is 0 Å². The molecule has 0 unspecified atom stereocenters. The summed E-state index contributed by atoms with van der Waals surface area (Å²) in [5.41, 5.74) is 0. The maximum absolute atomic E-state index is 12.6. The highest BCUT2D eigenvalue weighted by Gasteiger charge is 2.45. The smallest absolute Gasteiger partial charge is 0.306 e. The van der Waals surface area contributed by atoms with Gasteiger partial charge in [-0.2, -0.15) is 0 Å². The normalized spacial score (nSPS) is 22.4. The second kappa shape index (κ2) is 25.6. The van der Waals surface area contributed by atoms with E-state index >= 15 is 0 Å². The van der Waals surface area contributed by atoms with Crippen molar-refractivity contribution in [1.82, 2.24) is 0 Å². The first-order valence-electron chi connectivity index (χ1n) is 17.6. The quantitative estimate of drug-likeness (QED) is 0.0590. The van der Waals surface area contributed by atoms with Crippen molar-refractivity contribution in [1.29, 1.82) is 0 Å². The largest absolute Gasteiger partial charge is 0.748 e. The second-order valence-corrected chi connectivity index (χ2v) is 14.0. The number of ether oxygens (including phenoxy) is 4. The van der Waals surface area contributed by atoms with Crippen molar-refractivity contribution in [2.75, 3.05) is 19.0 Å². The lowest BCUT2D eigenvalue weighted by Crippen LogP contribution is -2.60. The fraction of sp³-hybridized carbons (Fsp3) is 0.939. The van der Waals surface area contributed by atoms with Gasteiger partial charge in [-0.1, -0.05) is 117 Å². The molecular formula is C33H61O12S-. The lowest BCUT2D eigenvalue weighted by atomic mass is 10.00. The van der Waals surface area contributed by atoms with Crippen LogP contribution in [0.2, 0.25) is 0 Å². The predicted molar refractivity (Wildman–Crippen MR) is 172 cm³/mol. The van der Waals surface area contributed by atoms with Crippen LogP contribution in [0.3, 0.4) is 0 Å². The summed E-state index contributed by atoms with van der Waals surface area (Å²) in [5.74, 6) is -2.11. The minimum Gasteiger partial charge on any atom is -0.748 e. The minimum atomic E-state index is -4.84. The molecule has 0 aromatic heterocycles. The Hall–Kier alpha value is -1.35. The standard InChI is InChI=1S/C33H62O12S/c1-3-5-7-9-11-13-15-17-19-21-28(34)42-23-26(44-29(35)22-20-18-16-14-12-10-8-6-4-2)24-43-33-32(38)31(37)30(36)27(45-33)25-46(39,40)41/h26-27,30-33,36-38H,3-25H2,1-2H3,(H,39,40,41)/p-1/t26-,27+,30+,31-,32+,33-/m0/s1. The highest BCUT2D eigenvalue weighted by molar-refractivity contribution is 7.85. The molecule has 0 bridgehead atoms. The van der Waals surface area contributed by atoms with Crippen LogP contribution in [0.1, 0.15) is 142 Å². The van der Waals surface area contributed by atoms with E-state index in [0.717, 1.165) is 38.5 Å². The number of rotatable bonds is 28. The summed E-state index contributed by atoms with van der Waals surface area (Å²) in [6.45, 7) is 3.64. The number of aliphatic hydroxyl groups is 3. The highest BCUT2D eigenvalue weighted by Crippen LogP contribution is 2.24. The molecule has 0 radical (unpaired) electrons. The number of esters is 2. The average molecular weight is 682 g/mol. The van der Waals surface area contributed by atoms with Crippen molar-refractivity contribution >= 4 is 22.1 Å². The summed E-state index contributed by atoms with van der Waals surface area (Å²) < 4.78 is 55.3. The molecule has 1 rings (SSSR count). The van der Waals surface area contributed by atoms with Crippen LogP contribution in [-0.2, 0) is 38.7 Å². The van der Waals surface area contributed by atoms with Crippen molar-refractivity contribution in [3.63, 3.8) is 0 Å². The molecule has 1 heterocycles. The van der Waals surface area contributed by atoms with E-state index in [-0.39, 0.29) is 19.4 Å². The lowest BCUT2D eigenvalue weighted by molar-refractivity contribution is -0.297. The molecule has 46 heavy (non-hydrogen) atoms. The third-order valence-electron chi connectivity index (χ3n) is 8.18. The molecule has 1 saturated heterocycles. The molecule has 3 N–H and O–H groups in total. The Kier molecular flexibility index (Phi) is 23.8. The number of carbonyl (C=O) groups is 2. The zero-order valence-electron chi connectivity index (χ0n) is 28.2. The van der Waals surface area contributed by atoms with Crippen LogP contribution in [0.5, 0.6) is 0 Å². The first kappa shape index (κ1) is 42.7. The number of carbonyl (C=O) groups excluding carboxylic acids is 2. The van der Waals surface area contributed by atoms with Gasteiger partial charge in [-0.05, 0) is 12.8 Å². The van der Waals surface area contributed by atoms with Crippen molar-refractivity contribution in [3.05, 3.63) is 0 Å². The number of hydrogen-bond donors (Lipinski definition) is 3. The van der Waals surface area contributed by atoms with E-state index < -0.39 is 71.2 Å². The van der Waals surface area contributed by atoms with Crippen molar-refractivity contribution < 1.29 is 56.8 Å². The fourth-order valence-corrected chi connectivity index (χ4v) is 6.05. The first-order valence-corrected chi connectivity index (χ1v) is 19.2. The Labute approximate surface area is 276 Å². The van der Waals surface area contributed by atoms with Crippen LogP contribution in [-0.4, -0.2) is 96.0 Å². The van der Waals surface area contributed by atoms with E-state index in [2.05, 4.69) is 13.8 Å². The summed E-state index contributed by atoms with van der Waals surface area (Å²) in [7, 11) is -4.84. The van der Waals surface area contributed by atoms with Gasteiger partial charge >= 0.3 is 11.9 Å². The monoisotopic (exact) mass is 681 g/mol. The molecule has 12 nitrogen and oxygen atoms in total. The van der Waals surface area contributed by atoms with E-state index in [9.17, 15) is 37.9 Å². The van der Waals surface area contributed by atoms with E-state index in [0.29, 0.717) is 12.8 Å². The van der Waals surface area contributed by atoms with Gasteiger partial charge in [0, 0.05) is 12.8 Å². The van der Waals surface area contributed by atoms with Gasteiger partial charge < -0.3 is 38.8 Å². The topological polar surface area (TPSA) is 189 Å². The van der Waals surface area contributed by atoms with Gasteiger partial charge in [-0.3, -0.25) is 9.59 Å². The second-order valence-electron chi connectivity index (χ2n) is 12.5. The summed E-state index contributed by atoms with van der Waals surface area (Å²) in [6, 6.07) is 0. The molecule has 0 saturated carbocycles. The van der Waals surface area contributed by atoms with Crippen LogP contribution in [0.4, 0.5) is 0 Å². The van der Waals surface area contributed by atoms with Gasteiger partial charge in [0.1, 0.15) is 31.0 Å². The van der Waals surface area contributed by atoms with Gasteiger partial charge in [0.25, 0.3) is 0 Å². The van der Waals surface area contributed by atoms with Gasteiger partial charge in [0.2, 0.25) is 0 Å². The lowest BCUT2D eigenvalue weighted by Gasteiger charge is -2.40. The van der Waals surface area contributed by atoms with Crippen molar-refractivity contribution in [2.45, 2.75) is 179 Å². The Bertz CT molecular complexity index is 899. The number of hydrogen-bond acceptors (Lipinski definition) is 12. The van der Waals surface area contributed by atoms with Crippen LogP contribution in [0.25, 0.3) is 0 Å². The summed E-state index contributed by atoms with van der Waals surface area (Å²) in [6.07, 6.45) is 10.2. The maximum atomic E-state index is 12.6. The number of aliphatic hydroxyl groups excluding tert-OH is 3. The third kappa shape index (κ3) is 20.8. The predicted octanol–water partition coefficient (Wildman–Crippen LogP) is 4.65. The van der Waals surface area contributed by atoms with Gasteiger partial charge in [-0.25, -0.2) is 8.42 Å². The molecular weight excluding hydrogens is 620 g/mol. The van der Waals surface area contributed by atoms with Gasteiger partial charge in [0.05, 0.1) is 22.5 Å². The van der Waals surface area contributed by atoms with Crippen LogP contribution >= 0.6 is 0 Å². The van der Waals surface area contributed by atoms with Crippen molar-refractivity contribution in [3.8, 4) is 0 Å². The van der Waals surface area contributed by atoms with Crippen LogP contribution in [0, 0.1) is 0 Å². The minimum absolute atomic E-state index is 0.162. The van der Waals surface area contributed by atoms with Crippen LogP contribution < -0.4 is 0 Å². The molecule has 1 fully saturated rings. The van der Waals surface area contributed by atoms with E-state index in [1.165, 1.54) is 64.2 Å². The molecule has 0 spiro atoms. The average Bonchev–Trinajstić information content (AvgIpc) is 3.00. The fourth-order valence-electron chi connectivity index (χ4n) is 5.37. The third-order valence-corrected chi connectivity index (χ3v) is 8.92. The molecule has 1 aliphatic heterocycles. The molecule has 272 valence electrons. The summed E-state index contributed by atoms with van der Waals surface area (Å²) >= 11 is 0. The molecule has 0 aromatic carbocycles. The van der Waals surface area contributed by atoms with Gasteiger partial charge in [0.15, 0.2) is 12.4 Å². The van der Waals surface area contributed by atoms with Gasteiger partial charge in [-0.15, -0.1) is 0 Å². The van der Waals surface area contributed by atoms with Crippen molar-refractivity contribution in [2.24, 2.45) is 0 Å². The Morgan fingerprint density at radius 3 is 1.61 bits per heavy atom. The molecule has 1 aliphatic rings. The SMILES string of the molecule is CCCCCCCCCCCC(=O)OC[C@@H](CO[C@H]1O[C@H](CS(=O)(=O)[O-])[C@@H](O)[C@H](O)[C@H]1O)OC(=O)CCCCCCCCCCC. The Balaban J connectivity index is 2.58. The van der Waals surface area contributed by atoms with E-state index in [4.69, 9.17) is 18.9 Å². The Morgan fingerprint density at radius 2 is 1.13 bits per heavy atom. The molecule has 0 aliphatic carbocycles. The Morgan fingerprint density at radius 1 is 0.674 bits per heavy atom. The van der Waals surface area contributed by atoms with E-state index in [1.54, 1.807) is 0 Å².